The molecule has 1 aromatic heterocycles. The molecule has 0 aliphatic rings. The van der Waals surface area contributed by atoms with E-state index in [1.807, 2.05) is 12.1 Å². The molecule has 0 atom stereocenters. The molecule has 0 radical (unpaired) electrons. The second kappa shape index (κ2) is 7.86. The van der Waals surface area contributed by atoms with Gasteiger partial charge in [-0.15, -0.1) is 0 Å². The number of phenolic OH excluding ortho intramolecular Hbond substituents is 1. The molecule has 7 heteroatoms. The molecule has 0 unspecified atom stereocenters. The van der Waals surface area contributed by atoms with Crippen LogP contribution in [0.2, 0.25) is 10.0 Å². The zero-order chi connectivity index (χ0) is 20.5. The standard InChI is InChI=1S/C21H21Cl2N3O2/c1-21(2,3)14-6-4-12(5-7-14)11-24-20(28)18-10-17(25-26-18)13-8-15(22)19(27)16(23)9-13/h4-10,27H,11H2,1-3H3,(H,24,28)(H,25,26). The summed E-state index contributed by atoms with van der Waals surface area (Å²) in [5.41, 5.74) is 3.77. The minimum atomic E-state index is -0.269. The number of hydrogen-bond acceptors (Lipinski definition) is 3. The maximum Gasteiger partial charge on any atom is 0.269 e. The average molecular weight is 418 g/mol. The number of rotatable bonds is 4. The van der Waals surface area contributed by atoms with Crippen LogP contribution in [-0.2, 0) is 12.0 Å². The molecular formula is C21H21Cl2N3O2. The number of nitrogens with one attached hydrogen (secondary N) is 2. The SMILES string of the molecule is CC(C)(C)c1ccc(CNC(=O)c2cc(-c3cc(Cl)c(O)c(Cl)c3)n[nH]2)cc1. The smallest absolute Gasteiger partial charge is 0.269 e. The first-order valence-electron chi connectivity index (χ1n) is 8.76. The van der Waals surface area contributed by atoms with Crippen molar-refractivity contribution >= 4 is 29.1 Å². The first kappa shape index (κ1) is 20.2. The molecule has 1 heterocycles. The van der Waals surface area contributed by atoms with Crippen molar-refractivity contribution in [3.05, 3.63) is 69.3 Å². The number of carbonyl (C=O) groups is 1. The minimum absolute atomic E-state index is 0.0914. The van der Waals surface area contributed by atoms with E-state index in [0.29, 0.717) is 23.5 Å². The van der Waals surface area contributed by atoms with E-state index in [1.165, 1.54) is 17.7 Å². The predicted molar refractivity (Wildman–Crippen MR) is 112 cm³/mol. The topological polar surface area (TPSA) is 78.0 Å². The van der Waals surface area contributed by atoms with Crippen LogP contribution in [-0.4, -0.2) is 21.2 Å². The van der Waals surface area contributed by atoms with Crippen molar-refractivity contribution in [1.82, 2.24) is 15.5 Å². The Kier molecular flexibility index (Phi) is 5.68. The molecule has 146 valence electrons. The highest BCUT2D eigenvalue weighted by Gasteiger charge is 2.15. The Bertz CT molecular complexity index is 982. The van der Waals surface area contributed by atoms with Gasteiger partial charge in [-0.3, -0.25) is 9.89 Å². The molecule has 1 amide bonds. The molecule has 0 aliphatic carbocycles. The normalized spacial score (nSPS) is 11.5. The molecule has 28 heavy (non-hydrogen) atoms. The zero-order valence-corrected chi connectivity index (χ0v) is 17.3. The summed E-state index contributed by atoms with van der Waals surface area (Å²) in [5.74, 6) is -0.451. The summed E-state index contributed by atoms with van der Waals surface area (Å²) in [6.07, 6.45) is 0. The fourth-order valence-electron chi connectivity index (χ4n) is 2.70. The van der Waals surface area contributed by atoms with Crippen LogP contribution in [0.3, 0.4) is 0 Å². The third-order valence-corrected chi connectivity index (χ3v) is 4.98. The summed E-state index contributed by atoms with van der Waals surface area (Å²) in [4.78, 5) is 12.4. The summed E-state index contributed by atoms with van der Waals surface area (Å²) in [7, 11) is 0. The molecule has 3 aromatic rings. The number of benzene rings is 2. The van der Waals surface area contributed by atoms with Crippen molar-refractivity contribution in [1.29, 1.82) is 0 Å². The number of hydrogen-bond donors (Lipinski definition) is 3. The Morgan fingerprint density at radius 1 is 1.11 bits per heavy atom. The van der Waals surface area contributed by atoms with Crippen LogP contribution < -0.4 is 5.32 Å². The van der Waals surface area contributed by atoms with Gasteiger partial charge in [0.15, 0.2) is 5.75 Å². The summed E-state index contributed by atoms with van der Waals surface area (Å²) < 4.78 is 0. The van der Waals surface area contributed by atoms with E-state index in [1.54, 1.807) is 6.07 Å². The number of aromatic nitrogens is 2. The lowest BCUT2D eigenvalue weighted by Crippen LogP contribution is -2.23. The van der Waals surface area contributed by atoms with E-state index in [-0.39, 0.29) is 27.1 Å². The fraction of sp³-hybridized carbons (Fsp3) is 0.238. The third kappa shape index (κ3) is 4.49. The second-order valence-corrected chi connectivity index (χ2v) is 8.40. The van der Waals surface area contributed by atoms with Crippen molar-refractivity contribution in [3.8, 4) is 17.0 Å². The van der Waals surface area contributed by atoms with Crippen molar-refractivity contribution in [2.24, 2.45) is 0 Å². The largest absolute Gasteiger partial charge is 0.505 e. The molecule has 0 fully saturated rings. The first-order valence-corrected chi connectivity index (χ1v) is 9.52. The molecule has 0 saturated heterocycles. The average Bonchev–Trinajstić information content (AvgIpc) is 3.13. The van der Waals surface area contributed by atoms with Crippen LogP contribution in [0.15, 0.2) is 42.5 Å². The van der Waals surface area contributed by atoms with E-state index < -0.39 is 0 Å². The Labute approximate surface area is 173 Å². The molecule has 0 aliphatic heterocycles. The lowest BCUT2D eigenvalue weighted by Gasteiger charge is -2.19. The number of aromatic hydroxyl groups is 1. The molecular weight excluding hydrogens is 397 g/mol. The second-order valence-electron chi connectivity index (χ2n) is 7.58. The predicted octanol–water partition coefficient (Wildman–Crippen LogP) is 5.32. The number of H-pyrrole nitrogens is 1. The minimum Gasteiger partial charge on any atom is -0.505 e. The van der Waals surface area contributed by atoms with E-state index in [4.69, 9.17) is 23.2 Å². The lowest BCUT2D eigenvalue weighted by molar-refractivity contribution is 0.0946. The number of halogens is 2. The lowest BCUT2D eigenvalue weighted by atomic mass is 9.87. The number of carbonyl (C=O) groups excluding carboxylic acids is 1. The van der Waals surface area contributed by atoms with Gasteiger partial charge in [-0.25, -0.2) is 0 Å². The molecule has 0 spiro atoms. The Morgan fingerprint density at radius 3 is 2.29 bits per heavy atom. The number of aromatic amines is 1. The fourth-order valence-corrected chi connectivity index (χ4v) is 3.19. The van der Waals surface area contributed by atoms with Crippen molar-refractivity contribution in [2.45, 2.75) is 32.7 Å². The van der Waals surface area contributed by atoms with Gasteiger partial charge in [0, 0.05) is 12.1 Å². The highest BCUT2D eigenvalue weighted by atomic mass is 35.5. The molecule has 0 bridgehead atoms. The Hall–Kier alpha value is -2.50. The summed E-state index contributed by atoms with van der Waals surface area (Å²) in [6.45, 7) is 6.89. The van der Waals surface area contributed by atoms with Crippen LogP contribution in [0.25, 0.3) is 11.3 Å². The third-order valence-electron chi connectivity index (χ3n) is 4.41. The van der Waals surface area contributed by atoms with Gasteiger partial charge in [-0.1, -0.05) is 68.2 Å². The monoisotopic (exact) mass is 417 g/mol. The van der Waals surface area contributed by atoms with Crippen molar-refractivity contribution in [3.63, 3.8) is 0 Å². The van der Waals surface area contributed by atoms with E-state index in [9.17, 15) is 9.90 Å². The number of nitrogens with zero attached hydrogens (tertiary/aromatic N) is 1. The van der Waals surface area contributed by atoms with Crippen LogP contribution in [0, 0.1) is 0 Å². The highest BCUT2D eigenvalue weighted by Crippen LogP contribution is 2.36. The molecule has 2 aromatic carbocycles. The van der Waals surface area contributed by atoms with Gasteiger partial charge in [0.25, 0.3) is 5.91 Å². The molecule has 3 N–H and O–H groups in total. The number of phenols is 1. The van der Waals surface area contributed by atoms with Crippen LogP contribution in [0.5, 0.6) is 5.75 Å². The highest BCUT2D eigenvalue weighted by molar-refractivity contribution is 6.37. The quantitative estimate of drug-likeness (QED) is 0.537. The first-order chi connectivity index (χ1) is 13.1. The van der Waals surface area contributed by atoms with E-state index in [0.717, 1.165) is 5.56 Å². The Morgan fingerprint density at radius 2 is 1.71 bits per heavy atom. The van der Waals surface area contributed by atoms with Gasteiger partial charge in [-0.05, 0) is 34.7 Å². The van der Waals surface area contributed by atoms with Gasteiger partial charge in [0.1, 0.15) is 5.69 Å². The summed E-state index contributed by atoms with van der Waals surface area (Å²) >= 11 is 11.9. The molecule has 5 nitrogen and oxygen atoms in total. The zero-order valence-electron chi connectivity index (χ0n) is 15.8. The van der Waals surface area contributed by atoms with Gasteiger partial charge < -0.3 is 10.4 Å². The summed E-state index contributed by atoms with van der Waals surface area (Å²) in [5, 5.41) is 19.6. The Balaban J connectivity index is 1.68. The molecule has 3 rings (SSSR count). The maximum absolute atomic E-state index is 12.4. The van der Waals surface area contributed by atoms with Crippen molar-refractivity contribution in [2.75, 3.05) is 0 Å². The van der Waals surface area contributed by atoms with Crippen LogP contribution in [0.4, 0.5) is 0 Å². The van der Waals surface area contributed by atoms with Crippen LogP contribution in [0.1, 0.15) is 42.4 Å². The maximum atomic E-state index is 12.4. The van der Waals surface area contributed by atoms with Gasteiger partial charge in [-0.2, -0.15) is 5.10 Å². The van der Waals surface area contributed by atoms with E-state index in [2.05, 4.69) is 48.4 Å². The summed E-state index contributed by atoms with van der Waals surface area (Å²) in [6, 6.07) is 12.9. The van der Waals surface area contributed by atoms with Gasteiger partial charge in [0.05, 0.1) is 15.7 Å². The van der Waals surface area contributed by atoms with Gasteiger partial charge >= 0.3 is 0 Å². The van der Waals surface area contributed by atoms with Gasteiger partial charge in [0.2, 0.25) is 0 Å². The number of amides is 1. The molecule has 0 saturated carbocycles. The van der Waals surface area contributed by atoms with Crippen LogP contribution >= 0.6 is 23.2 Å². The van der Waals surface area contributed by atoms with Crippen molar-refractivity contribution < 1.29 is 9.90 Å². The van der Waals surface area contributed by atoms with E-state index >= 15 is 0 Å².